The molecule has 13 heavy (non-hydrogen) atoms. The summed E-state index contributed by atoms with van der Waals surface area (Å²) >= 11 is 5.81. The molecule has 0 aliphatic rings. The Bertz CT molecular complexity index is 122. The van der Waals surface area contributed by atoms with Gasteiger partial charge >= 0.3 is 0 Å². The van der Waals surface area contributed by atoms with Crippen LogP contribution in [0.15, 0.2) is 11.6 Å². The van der Waals surface area contributed by atoms with Crippen molar-refractivity contribution in [2.24, 2.45) is 0 Å². The molecule has 0 aliphatic carbocycles. The lowest BCUT2D eigenvalue weighted by atomic mass is 10.0. The summed E-state index contributed by atoms with van der Waals surface area (Å²) < 4.78 is 0. The maximum atomic E-state index is 5.81. The molecule has 0 saturated heterocycles. The molecule has 0 aromatic rings. The fraction of sp³-hybridized carbons (Fsp3) is 0.818. The van der Waals surface area contributed by atoms with Crippen LogP contribution >= 0.6 is 11.1 Å². The third-order valence-corrected chi connectivity index (χ3v) is 3.41. The zero-order chi connectivity index (χ0) is 9.94. The van der Waals surface area contributed by atoms with Crippen LogP contribution in [0.3, 0.4) is 0 Å². The Kier molecular flexibility index (Phi) is 10.5. The van der Waals surface area contributed by atoms with E-state index in [1.165, 1.54) is 44.6 Å². The lowest BCUT2D eigenvalue weighted by Crippen LogP contribution is -1.86. The number of hydrogen-bond donors (Lipinski definition) is 0. The molecule has 2 heteroatoms. The number of hydrogen-bond acceptors (Lipinski definition) is 0. The molecular weight excluding hydrogens is 196 g/mol. The molecule has 0 aromatic heterocycles. The Morgan fingerprint density at radius 3 is 2.08 bits per heavy atom. The lowest BCUT2D eigenvalue weighted by Gasteiger charge is -2.05. The second kappa shape index (κ2) is 10.3. The molecule has 78 valence electrons. The molecule has 0 nitrogen and oxygen atoms in total. The highest BCUT2D eigenvalue weighted by Crippen LogP contribution is 2.15. The third kappa shape index (κ3) is 8.57. The smallest absolute Gasteiger partial charge is 0.129 e. The minimum Gasteiger partial charge on any atom is -0.176 e. The summed E-state index contributed by atoms with van der Waals surface area (Å²) in [6.45, 7) is 4.52. The van der Waals surface area contributed by atoms with E-state index in [4.69, 9.17) is 11.1 Å². The van der Waals surface area contributed by atoms with Gasteiger partial charge in [-0.25, -0.2) is 0 Å². The fourth-order valence-corrected chi connectivity index (χ4v) is 2.24. The van der Waals surface area contributed by atoms with Crippen molar-refractivity contribution in [2.75, 3.05) is 0 Å². The van der Waals surface area contributed by atoms with Gasteiger partial charge in [-0.15, -0.1) is 0 Å². The van der Waals surface area contributed by atoms with Crippen molar-refractivity contribution in [1.82, 2.24) is 0 Å². The first-order valence-electron chi connectivity index (χ1n) is 5.59. The zero-order valence-electron chi connectivity index (χ0n) is 9.11. The molecule has 0 heterocycles. The summed E-state index contributed by atoms with van der Waals surface area (Å²) in [5.74, 6) is 0. The Balaban J connectivity index is 3.72. The summed E-state index contributed by atoms with van der Waals surface area (Å²) in [5, 5.41) is 0. The monoisotopic (exact) mass is 218 g/mol. The van der Waals surface area contributed by atoms with Crippen LogP contribution in [0.2, 0.25) is 6.04 Å². The van der Waals surface area contributed by atoms with E-state index in [0.717, 1.165) is 0 Å². The summed E-state index contributed by atoms with van der Waals surface area (Å²) in [5.41, 5.74) is 1.66. The molecule has 0 unspecified atom stereocenters. The van der Waals surface area contributed by atoms with Gasteiger partial charge in [-0.3, -0.25) is 0 Å². The molecule has 0 radical (unpaired) electrons. The van der Waals surface area contributed by atoms with Crippen molar-refractivity contribution in [3.05, 3.63) is 11.6 Å². The largest absolute Gasteiger partial charge is 0.176 e. The van der Waals surface area contributed by atoms with Gasteiger partial charge in [-0.1, -0.05) is 38.3 Å². The Morgan fingerprint density at radius 1 is 1.15 bits per heavy atom. The van der Waals surface area contributed by atoms with Crippen LogP contribution in [0, 0.1) is 0 Å². The molecule has 0 fully saturated rings. The Hall–Kier alpha value is 0.247. The fourth-order valence-electron chi connectivity index (χ4n) is 1.40. The van der Waals surface area contributed by atoms with E-state index >= 15 is 0 Å². The molecule has 0 saturated carbocycles. The molecule has 0 aromatic carbocycles. The topological polar surface area (TPSA) is 0 Å². The summed E-state index contributed by atoms with van der Waals surface area (Å²) in [7, 11) is -0.280. The maximum Gasteiger partial charge on any atom is 0.129 e. The summed E-state index contributed by atoms with van der Waals surface area (Å²) in [6.07, 6.45) is 10.3. The van der Waals surface area contributed by atoms with Crippen molar-refractivity contribution < 1.29 is 0 Å². The minimum atomic E-state index is -0.280. The van der Waals surface area contributed by atoms with Gasteiger partial charge in [0.2, 0.25) is 0 Å². The molecule has 0 aliphatic heterocycles. The second-order valence-corrected chi connectivity index (χ2v) is 5.64. The predicted molar refractivity (Wildman–Crippen MR) is 66.3 cm³/mol. The SMILES string of the molecule is CCCCC(=CC[SiH2]Cl)CCCC. The third-order valence-electron chi connectivity index (χ3n) is 2.25. The van der Waals surface area contributed by atoms with Gasteiger partial charge in [0.1, 0.15) is 8.83 Å². The van der Waals surface area contributed by atoms with Gasteiger partial charge in [0.15, 0.2) is 0 Å². The van der Waals surface area contributed by atoms with Gasteiger partial charge < -0.3 is 0 Å². The molecular formula is C11H23ClSi. The zero-order valence-corrected chi connectivity index (χ0v) is 11.3. The highest BCUT2D eigenvalue weighted by atomic mass is 35.6. The highest BCUT2D eigenvalue weighted by molar-refractivity contribution is 6.93. The Morgan fingerprint density at radius 2 is 1.69 bits per heavy atom. The first-order valence-corrected chi connectivity index (χ1v) is 8.72. The first kappa shape index (κ1) is 13.2. The average molecular weight is 219 g/mol. The minimum absolute atomic E-state index is 0.280. The molecule has 0 rings (SSSR count). The van der Waals surface area contributed by atoms with Crippen molar-refractivity contribution in [1.29, 1.82) is 0 Å². The number of halogens is 1. The summed E-state index contributed by atoms with van der Waals surface area (Å²) in [4.78, 5) is 0. The number of unbranched alkanes of at least 4 members (excludes halogenated alkanes) is 2. The van der Waals surface area contributed by atoms with Gasteiger partial charge in [-0.2, -0.15) is 11.1 Å². The van der Waals surface area contributed by atoms with Crippen LogP contribution in [0.25, 0.3) is 0 Å². The van der Waals surface area contributed by atoms with Crippen LogP contribution in [0.5, 0.6) is 0 Å². The number of rotatable bonds is 8. The van der Waals surface area contributed by atoms with Crippen molar-refractivity contribution in [3.8, 4) is 0 Å². The van der Waals surface area contributed by atoms with Gasteiger partial charge in [0.25, 0.3) is 0 Å². The van der Waals surface area contributed by atoms with Crippen LogP contribution in [-0.4, -0.2) is 8.83 Å². The Labute approximate surface area is 90.3 Å². The number of allylic oxidation sites excluding steroid dienone is 2. The lowest BCUT2D eigenvalue weighted by molar-refractivity contribution is 0.711. The average Bonchev–Trinajstić information content (AvgIpc) is 2.17. The van der Waals surface area contributed by atoms with E-state index in [1.54, 1.807) is 5.57 Å². The predicted octanol–water partition coefficient (Wildman–Crippen LogP) is 4.03. The van der Waals surface area contributed by atoms with Crippen molar-refractivity contribution in [2.45, 2.75) is 58.4 Å². The van der Waals surface area contributed by atoms with Crippen LogP contribution in [-0.2, 0) is 0 Å². The van der Waals surface area contributed by atoms with Gasteiger partial charge in [0, 0.05) is 0 Å². The van der Waals surface area contributed by atoms with Crippen molar-refractivity contribution >= 4 is 19.9 Å². The molecule has 0 atom stereocenters. The highest BCUT2D eigenvalue weighted by Gasteiger charge is 1.96. The maximum absolute atomic E-state index is 5.81. The first-order chi connectivity index (χ1) is 6.35. The van der Waals surface area contributed by atoms with E-state index in [0.29, 0.717) is 0 Å². The van der Waals surface area contributed by atoms with Crippen LogP contribution in [0.4, 0.5) is 0 Å². The second-order valence-electron chi connectivity index (χ2n) is 3.55. The van der Waals surface area contributed by atoms with E-state index < -0.39 is 0 Å². The molecule has 0 bridgehead atoms. The normalized spacial score (nSPS) is 11.0. The van der Waals surface area contributed by atoms with E-state index in [9.17, 15) is 0 Å². The van der Waals surface area contributed by atoms with Gasteiger partial charge in [0.05, 0.1) is 0 Å². The van der Waals surface area contributed by atoms with E-state index in [-0.39, 0.29) is 8.83 Å². The molecule has 0 N–H and O–H groups in total. The van der Waals surface area contributed by atoms with E-state index in [1.807, 2.05) is 0 Å². The standard InChI is InChI=1S/C11H23ClSi/c1-3-5-7-11(8-6-4-2)9-10-13-12/h9H,3-8,10,13H2,1-2H3. The van der Waals surface area contributed by atoms with Gasteiger partial charge in [-0.05, 0) is 31.7 Å². The molecule has 0 amide bonds. The quantitative estimate of drug-likeness (QED) is 0.328. The summed E-state index contributed by atoms with van der Waals surface area (Å²) in [6, 6.07) is 1.18. The molecule has 0 spiro atoms. The van der Waals surface area contributed by atoms with Crippen LogP contribution < -0.4 is 0 Å². The van der Waals surface area contributed by atoms with Crippen LogP contribution in [0.1, 0.15) is 52.4 Å². The van der Waals surface area contributed by atoms with Crippen molar-refractivity contribution in [3.63, 3.8) is 0 Å². The van der Waals surface area contributed by atoms with E-state index in [2.05, 4.69) is 19.9 Å².